The molecule has 0 saturated heterocycles. The van der Waals surface area contributed by atoms with Crippen molar-refractivity contribution in [2.75, 3.05) is 0 Å². The van der Waals surface area contributed by atoms with E-state index in [1.807, 2.05) is 45.9 Å². The summed E-state index contributed by atoms with van der Waals surface area (Å²) in [6, 6.07) is 10.6. The molecule has 1 aromatic rings. The van der Waals surface area contributed by atoms with Crippen molar-refractivity contribution in [3.8, 4) is 0 Å². The maximum absolute atomic E-state index is 12.0. The highest BCUT2D eigenvalue weighted by molar-refractivity contribution is 6.04. The van der Waals surface area contributed by atoms with Crippen LogP contribution in [0.25, 0.3) is 0 Å². The van der Waals surface area contributed by atoms with Gasteiger partial charge in [0.05, 0.1) is 0 Å². The average molecular weight is 331 g/mol. The Morgan fingerprint density at radius 3 is 2.25 bits per heavy atom. The fourth-order valence-electron chi connectivity index (χ4n) is 4.36. The molecular weight excluding hydrogens is 302 g/mol. The van der Waals surface area contributed by atoms with Crippen LogP contribution >= 0.6 is 0 Å². The van der Waals surface area contributed by atoms with Crippen molar-refractivity contribution in [1.82, 2.24) is 0 Å². The smallest absolute Gasteiger partial charge is 0.314 e. The highest BCUT2D eigenvalue weighted by Gasteiger charge is 2.68. The first kappa shape index (κ1) is 18.7. The van der Waals surface area contributed by atoms with Crippen LogP contribution in [0, 0.1) is 22.7 Å². The van der Waals surface area contributed by atoms with Gasteiger partial charge in [-0.05, 0) is 43.1 Å². The molecule has 0 aromatic heterocycles. The van der Waals surface area contributed by atoms with Gasteiger partial charge in [-0.25, -0.2) is 0 Å². The van der Waals surface area contributed by atoms with Crippen LogP contribution in [0.3, 0.4) is 0 Å². The molecule has 2 bridgehead atoms. The van der Waals surface area contributed by atoms with Crippen LogP contribution in [0.1, 0.15) is 46.1 Å². The minimum Gasteiger partial charge on any atom is -0.481 e. The SMILES string of the molecule is CC(N)Cc1ccccc1.CC12CCC(C(C(=O)O)C1=O)C2(C)C. The number of ketones is 1. The van der Waals surface area contributed by atoms with Gasteiger partial charge in [0.25, 0.3) is 0 Å². The zero-order valence-electron chi connectivity index (χ0n) is 15.1. The normalized spacial score (nSPS) is 31.3. The predicted molar refractivity (Wildman–Crippen MR) is 94.5 cm³/mol. The highest BCUT2D eigenvalue weighted by Crippen LogP contribution is 2.65. The summed E-state index contributed by atoms with van der Waals surface area (Å²) in [7, 11) is 0. The fraction of sp³-hybridized carbons (Fsp3) is 0.600. The van der Waals surface area contributed by atoms with Crippen molar-refractivity contribution in [1.29, 1.82) is 0 Å². The lowest BCUT2D eigenvalue weighted by atomic mass is 9.70. The van der Waals surface area contributed by atoms with E-state index in [1.54, 1.807) is 0 Å². The second-order valence-electron chi connectivity index (χ2n) is 8.05. The zero-order chi connectivity index (χ0) is 18.1. The van der Waals surface area contributed by atoms with Gasteiger partial charge in [-0.15, -0.1) is 0 Å². The van der Waals surface area contributed by atoms with Crippen LogP contribution in [0.4, 0.5) is 0 Å². The second kappa shape index (κ2) is 6.67. The fourth-order valence-corrected chi connectivity index (χ4v) is 4.36. The Balaban J connectivity index is 0.000000185. The molecule has 3 N–H and O–H groups in total. The molecule has 0 amide bonds. The first-order valence-electron chi connectivity index (χ1n) is 8.68. The number of carbonyl (C=O) groups is 2. The van der Waals surface area contributed by atoms with Crippen LogP contribution in [-0.2, 0) is 16.0 Å². The van der Waals surface area contributed by atoms with Gasteiger partial charge in [-0.1, -0.05) is 51.1 Å². The number of rotatable bonds is 3. The molecular formula is C20H29NO3. The molecule has 4 nitrogen and oxygen atoms in total. The maximum atomic E-state index is 12.0. The van der Waals surface area contributed by atoms with E-state index in [0.29, 0.717) is 0 Å². The molecule has 132 valence electrons. The van der Waals surface area contributed by atoms with Gasteiger partial charge in [0.15, 0.2) is 5.78 Å². The van der Waals surface area contributed by atoms with Crippen molar-refractivity contribution in [2.45, 2.75) is 53.0 Å². The number of Topliss-reactive ketones (excluding diaryl/α,β-unsaturated/α-hetero) is 1. The zero-order valence-corrected chi connectivity index (χ0v) is 15.1. The highest BCUT2D eigenvalue weighted by atomic mass is 16.4. The van der Waals surface area contributed by atoms with Gasteiger partial charge in [-0.2, -0.15) is 0 Å². The molecule has 3 rings (SSSR count). The molecule has 2 saturated carbocycles. The number of carboxylic acids is 1. The predicted octanol–water partition coefficient (Wildman–Crippen LogP) is 3.29. The van der Waals surface area contributed by atoms with Gasteiger partial charge < -0.3 is 10.8 Å². The summed E-state index contributed by atoms with van der Waals surface area (Å²) < 4.78 is 0. The molecule has 0 spiro atoms. The molecule has 4 atom stereocenters. The number of hydrogen-bond donors (Lipinski definition) is 2. The summed E-state index contributed by atoms with van der Waals surface area (Å²) >= 11 is 0. The monoisotopic (exact) mass is 331 g/mol. The standard InChI is InChI=1S/C11H16O3.C9H13N/c1-10(2)6-4-5-11(10,3)8(12)7(6)9(13)14;1-8(10)7-9-5-3-2-4-6-9/h6-7H,4-5H2,1-3H3,(H,13,14);2-6,8H,7,10H2,1H3. The van der Waals surface area contributed by atoms with Gasteiger partial charge in [-0.3, -0.25) is 9.59 Å². The third kappa shape index (κ3) is 3.12. The van der Waals surface area contributed by atoms with E-state index in [0.717, 1.165) is 19.3 Å². The number of benzene rings is 1. The molecule has 4 unspecified atom stereocenters. The van der Waals surface area contributed by atoms with Crippen molar-refractivity contribution in [2.24, 2.45) is 28.4 Å². The first-order chi connectivity index (χ1) is 11.1. The van der Waals surface area contributed by atoms with E-state index < -0.39 is 17.3 Å². The molecule has 2 aliphatic carbocycles. The number of carboxylic acid groups (broad SMARTS) is 1. The molecule has 0 aliphatic heterocycles. The summed E-state index contributed by atoms with van der Waals surface area (Å²) in [5.41, 5.74) is 6.39. The van der Waals surface area contributed by atoms with Crippen molar-refractivity contribution >= 4 is 11.8 Å². The van der Waals surface area contributed by atoms with Gasteiger partial charge >= 0.3 is 5.97 Å². The van der Waals surface area contributed by atoms with Gasteiger partial charge in [0.1, 0.15) is 5.92 Å². The lowest BCUT2D eigenvalue weighted by Crippen LogP contribution is -2.35. The van der Waals surface area contributed by atoms with E-state index in [2.05, 4.69) is 12.1 Å². The molecule has 1 aromatic carbocycles. The Kier molecular flexibility index (Phi) is 5.19. The van der Waals surface area contributed by atoms with E-state index >= 15 is 0 Å². The Labute approximate surface area is 144 Å². The molecule has 0 radical (unpaired) electrons. The summed E-state index contributed by atoms with van der Waals surface area (Å²) in [5, 5.41) is 9.03. The lowest BCUT2D eigenvalue weighted by molar-refractivity contribution is -0.149. The summed E-state index contributed by atoms with van der Waals surface area (Å²) in [6.45, 7) is 8.02. The van der Waals surface area contributed by atoms with Crippen LogP contribution < -0.4 is 5.73 Å². The van der Waals surface area contributed by atoms with Crippen LogP contribution in [0.15, 0.2) is 30.3 Å². The lowest BCUT2D eigenvalue weighted by Gasteiger charge is -2.32. The van der Waals surface area contributed by atoms with Crippen LogP contribution in [-0.4, -0.2) is 22.9 Å². The van der Waals surface area contributed by atoms with Crippen molar-refractivity contribution in [3.63, 3.8) is 0 Å². The van der Waals surface area contributed by atoms with Crippen molar-refractivity contribution < 1.29 is 14.7 Å². The molecule has 2 aliphatic rings. The quantitative estimate of drug-likeness (QED) is 0.833. The minimum absolute atomic E-state index is 0.0394. The van der Waals surface area contributed by atoms with Gasteiger partial charge in [0, 0.05) is 11.5 Å². The van der Waals surface area contributed by atoms with E-state index in [-0.39, 0.29) is 23.2 Å². The van der Waals surface area contributed by atoms with Crippen LogP contribution in [0.5, 0.6) is 0 Å². The Morgan fingerprint density at radius 2 is 1.88 bits per heavy atom. The Morgan fingerprint density at radius 1 is 1.29 bits per heavy atom. The Bertz CT molecular complexity index is 609. The van der Waals surface area contributed by atoms with Crippen molar-refractivity contribution in [3.05, 3.63) is 35.9 Å². The van der Waals surface area contributed by atoms with E-state index in [9.17, 15) is 9.59 Å². The molecule has 0 heterocycles. The number of fused-ring (bicyclic) bond motifs is 2. The first-order valence-corrected chi connectivity index (χ1v) is 8.68. The topological polar surface area (TPSA) is 80.4 Å². The second-order valence-corrected chi connectivity index (χ2v) is 8.05. The van der Waals surface area contributed by atoms with E-state index in [1.165, 1.54) is 5.56 Å². The average Bonchev–Trinajstić information content (AvgIpc) is 2.80. The number of nitrogens with two attached hydrogens (primary N) is 1. The summed E-state index contributed by atoms with van der Waals surface area (Å²) in [5.74, 6) is -1.69. The maximum Gasteiger partial charge on any atom is 0.314 e. The molecule has 2 fully saturated rings. The molecule has 4 heteroatoms. The summed E-state index contributed by atoms with van der Waals surface area (Å²) in [4.78, 5) is 23.0. The summed E-state index contributed by atoms with van der Waals surface area (Å²) in [6.07, 6.45) is 2.71. The van der Waals surface area contributed by atoms with Gasteiger partial charge in [0.2, 0.25) is 0 Å². The minimum atomic E-state index is -0.934. The van der Waals surface area contributed by atoms with Crippen LogP contribution in [0.2, 0.25) is 0 Å². The number of hydrogen-bond acceptors (Lipinski definition) is 3. The Hall–Kier alpha value is -1.68. The molecule has 24 heavy (non-hydrogen) atoms. The van der Waals surface area contributed by atoms with E-state index in [4.69, 9.17) is 10.8 Å². The number of carbonyl (C=O) groups excluding carboxylic acids is 1. The third-order valence-electron chi connectivity index (χ3n) is 6.20. The third-order valence-corrected chi connectivity index (χ3v) is 6.20. The largest absolute Gasteiger partial charge is 0.481 e. The number of aliphatic carboxylic acids is 1.